The molecule has 0 unspecified atom stereocenters. The molecule has 1 atom stereocenters. The Morgan fingerprint density at radius 3 is 2.65 bits per heavy atom. The number of carbonyl (C=O) groups excluding carboxylic acids is 1. The van der Waals surface area contributed by atoms with Gasteiger partial charge in [0.2, 0.25) is 0 Å². The Morgan fingerprint density at radius 2 is 2.12 bits per heavy atom. The number of hydrogen-bond donors (Lipinski definition) is 1. The minimum atomic E-state index is -4.52. The van der Waals surface area contributed by atoms with Crippen LogP contribution in [0.25, 0.3) is 0 Å². The van der Waals surface area contributed by atoms with Crippen molar-refractivity contribution in [3.63, 3.8) is 0 Å². The first kappa shape index (κ1) is 12.0. The third kappa shape index (κ3) is 2.31. The van der Waals surface area contributed by atoms with E-state index in [-0.39, 0.29) is 12.2 Å². The van der Waals surface area contributed by atoms with E-state index in [0.29, 0.717) is 0 Å². The Morgan fingerprint density at radius 1 is 1.41 bits per heavy atom. The lowest BCUT2D eigenvalue weighted by Crippen LogP contribution is -2.19. The number of alkyl carbamates (subject to hydrolysis) is 1. The zero-order valence-electron chi connectivity index (χ0n) is 8.34. The molecule has 0 spiro atoms. The van der Waals surface area contributed by atoms with Crippen LogP contribution >= 0.6 is 11.6 Å². The molecule has 1 heterocycles. The van der Waals surface area contributed by atoms with Gasteiger partial charge in [-0.05, 0) is 11.6 Å². The highest BCUT2D eigenvalue weighted by atomic mass is 35.5. The van der Waals surface area contributed by atoms with Crippen LogP contribution in [0.4, 0.5) is 18.0 Å². The number of benzene rings is 1. The molecule has 1 saturated heterocycles. The molecule has 1 fully saturated rings. The van der Waals surface area contributed by atoms with E-state index in [0.717, 1.165) is 6.07 Å². The maximum Gasteiger partial charge on any atom is 0.417 e. The Labute approximate surface area is 99.5 Å². The zero-order valence-corrected chi connectivity index (χ0v) is 9.10. The van der Waals surface area contributed by atoms with Crippen LogP contribution in [-0.4, -0.2) is 12.7 Å². The predicted octanol–water partition coefficient (Wildman–Crippen LogP) is 3.14. The van der Waals surface area contributed by atoms with Gasteiger partial charge >= 0.3 is 12.3 Å². The van der Waals surface area contributed by atoms with Gasteiger partial charge in [-0.3, -0.25) is 0 Å². The fourth-order valence-electron chi connectivity index (χ4n) is 1.59. The summed E-state index contributed by atoms with van der Waals surface area (Å²) in [6.07, 6.45) is -5.18. The van der Waals surface area contributed by atoms with E-state index in [9.17, 15) is 18.0 Å². The van der Waals surface area contributed by atoms with E-state index < -0.39 is 28.9 Å². The van der Waals surface area contributed by atoms with Crippen molar-refractivity contribution >= 4 is 17.7 Å². The van der Waals surface area contributed by atoms with Crippen molar-refractivity contribution in [3.05, 3.63) is 34.3 Å². The van der Waals surface area contributed by atoms with E-state index in [4.69, 9.17) is 11.6 Å². The minimum absolute atomic E-state index is 0.0279. The van der Waals surface area contributed by atoms with Gasteiger partial charge in [0.05, 0.1) is 16.6 Å². The average Bonchev–Trinajstić information content (AvgIpc) is 2.63. The van der Waals surface area contributed by atoms with E-state index in [1.165, 1.54) is 12.1 Å². The van der Waals surface area contributed by atoms with Gasteiger partial charge in [0.15, 0.2) is 0 Å². The van der Waals surface area contributed by atoms with Gasteiger partial charge in [-0.2, -0.15) is 13.2 Å². The summed E-state index contributed by atoms with van der Waals surface area (Å²) >= 11 is 5.69. The molecule has 1 amide bonds. The van der Waals surface area contributed by atoms with E-state index in [1.54, 1.807) is 0 Å². The Kier molecular flexibility index (Phi) is 2.91. The van der Waals surface area contributed by atoms with Crippen LogP contribution in [0.2, 0.25) is 5.02 Å². The Balaban J connectivity index is 2.39. The van der Waals surface area contributed by atoms with Gasteiger partial charge in [0.1, 0.15) is 6.61 Å². The highest BCUT2D eigenvalue weighted by Gasteiger charge is 2.36. The lowest BCUT2D eigenvalue weighted by atomic mass is 10.0. The second kappa shape index (κ2) is 4.10. The van der Waals surface area contributed by atoms with Crippen LogP contribution in [0.3, 0.4) is 0 Å². The third-order valence-electron chi connectivity index (χ3n) is 2.38. The second-order valence-electron chi connectivity index (χ2n) is 3.50. The molecule has 0 aliphatic carbocycles. The van der Waals surface area contributed by atoms with Gasteiger partial charge < -0.3 is 10.1 Å². The highest BCUT2D eigenvalue weighted by molar-refractivity contribution is 6.32. The van der Waals surface area contributed by atoms with Crippen molar-refractivity contribution in [2.24, 2.45) is 0 Å². The number of alkyl halides is 3. The summed E-state index contributed by atoms with van der Waals surface area (Å²) in [6, 6.07) is 2.92. The molecule has 0 saturated carbocycles. The molecule has 1 aliphatic rings. The molecule has 2 rings (SSSR count). The summed E-state index contributed by atoms with van der Waals surface area (Å²) in [7, 11) is 0. The molecule has 92 valence electrons. The first-order valence-corrected chi connectivity index (χ1v) is 5.06. The number of cyclic esters (lactones) is 1. The maximum absolute atomic E-state index is 12.6. The minimum Gasteiger partial charge on any atom is -0.447 e. The fourth-order valence-corrected chi connectivity index (χ4v) is 1.95. The number of ether oxygens (including phenoxy) is 1. The molecule has 17 heavy (non-hydrogen) atoms. The van der Waals surface area contributed by atoms with Crippen molar-refractivity contribution in [1.29, 1.82) is 0 Å². The quantitative estimate of drug-likeness (QED) is 0.847. The fraction of sp³-hybridized carbons (Fsp3) is 0.300. The molecule has 0 radical (unpaired) electrons. The van der Waals surface area contributed by atoms with Crippen LogP contribution in [0.5, 0.6) is 0 Å². The number of hydrogen-bond acceptors (Lipinski definition) is 2. The summed E-state index contributed by atoms with van der Waals surface area (Å²) in [5, 5.41) is 1.97. The summed E-state index contributed by atoms with van der Waals surface area (Å²) in [5.41, 5.74) is -0.717. The summed E-state index contributed by atoms with van der Waals surface area (Å²) in [5.74, 6) is 0. The van der Waals surface area contributed by atoms with Crippen molar-refractivity contribution in [2.45, 2.75) is 12.2 Å². The molecule has 1 aliphatic heterocycles. The Bertz CT molecular complexity index is 461. The molecular weight excluding hydrogens is 259 g/mol. The van der Waals surface area contributed by atoms with Crippen LogP contribution in [-0.2, 0) is 10.9 Å². The zero-order chi connectivity index (χ0) is 12.6. The molecule has 1 aromatic carbocycles. The largest absolute Gasteiger partial charge is 0.447 e. The first-order chi connectivity index (χ1) is 7.89. The highest BCUT2D eigenvalue weighted by Crippen LogP contribution is 2.38. The van der Waals surface area contributed by atoms with Gasteiger partial charge in [0.25, 0.3) is 0 Å². The molecule has 1 N–H and O–H groups in total. The molecule has 0 bridgehead atoms. The number of rotatable bonds is 1. The number of halogens is 4. The van der Waals surface area contributed by atoms with Crippen molar-refractivity contribution in [2.75, 3.05) is 6.61 Å². The van der Waals surface area contributed by atoms with Crippen LogP contribution in [0, 0.1) is 0 Å². The van der Waals surface area contributed by atoms with Crippen molar-refractivity contribution < 1.29 is 22.7 Å². The number of amides is 1. The summed E-state index contributed by atoms with van der Waals surface area (Å²) in [4.78, 5) is 10.8. The molecule has 7 heteroatoms. The van der Waals surface area contributed by atoms with Crippen LogP contribution < -0.4 is 5.32 Å². The molecule has 0 aromatic heterocycles. The van der Waals surface area contributed by atoms with E-state index in [1.807, 2.05) is 0 Å². The SMILES string of the molecule is O=C1N[C@H](c2cccc(C(F)(F)F)c2Cl)CO1. The Hall–Kier alpha value is -1.43. The van der Waals surface area contributed by atoms with Crippen LogP contribution in [0.15, 0.2) is 18.2 Å². The van der Waals surface area contributed by atoms with Crippen LogP contribution in [0.1, 0.15) is 17.2 Å². The van der Waals surface area contributed by atoms with Gasteiger partial charge in [-0.25, -0.2) is 4.79 Å². The average molecular weight is 266 g/mol. The molecule has 3 nitrogen and oxygen atoms in total. The molecule has 1 aromatic rings. The van der Waals surface area contributed by atoms with E-state index >= 15 is 0 Å². The lowest BCUT2D eigenvalue weighted by molar-refractivity contribution is -0.137. The number of nitrogens with one attached hydrogen (secondary N) is 1. The second-order valence-corrected chi connectivity index (χ2v) is 3.88. The maximum atomic E-state index is 12.6. The summed E-state index contributed by atoms with van der Waals surface area (Å²) < 4.78 is 42.4. The molecular formula is C10H7ClF3NO2. The normalized spacial score (nSPS) is 20.0. The predicted molar refractivity (Wildman–Crippen MR) is 53.7 cm³/mol. The standard InChI is InChI=1S/C10H7ClF3NO2/c11-8-5(7-4-17-9(16)15-7)2-1-3-6(8)10(12,13)14/h1-3,7H,4H2,(H,15,16)/t7-/m0/s1. The summed E-state index contributed by atoms with van der Waals surface area (Å²) in [6.45, 7) is -0.0279. The number of carbonyl (C=O) groups is 1. The van der Waals surface area contributed by atoms with Gasteiger partial charge in [0, 0.05) is 0 Å². The van der Waals surface area contributed by atoms with Crippen molar-refractivity contribution in [3.8, 4) is 0 Å². The van der Waals surface area contributed by atoms with Crippen molar-refractivity contribution in [1.82, 2.24) is 5.32 Å². The monoisotopic (exact) mass is 265 g/mol. The van der Waals surface area contributed by atoms with Gasteiger partial charge in [-0.1, -0.05) is 23.7 Å². The first-order valence-electron chi connectivity index (χ1n) is 4.68. The van der Waals surface area contributed by atoms with Gasteiger partial charge in [-0.15, -0.1) is 0 Å². The lowest BCUT2D eigenvalue weighted by Gasteiger charge is -2.15. The topological polar surface area (TPSA) is 38.3 Å². The third-order valence-corrected chi connectivity index (χ3v) is 2.80. The van der Waals surface area contributed by atoms with E-state index in [2.05, 4.69) is 10.1 Å². The smallest absolute Gasteiger partial charge is 0.417 e.